The van der Waals surface area contributed by atoms with Gasteiger partial charge in [-0.3, -0.25) is 4.99 Å². The molecule has 3 atom stereocenters. The molecule has 2 heterocycles. The number of hydrogen-bond donors (Lipinski definition) is 2. The summed E-state index contributed by atoms with van der Waals surface area (Å²) in [6, 6.07) is 14.1. The lowest BCUT2D eigenvalue weighted by molar-refractivity contribution is 0.273. The van der Waals surface area contributed by atoms with E-state index in [1.807, 2.05) is 6.07 Å². The first-order valence-corrected chi connectivity index (χ1v) is 12.2. The van der Waals surface area contributed by atoms with E-state index in [0.29, 0.717) is 5.56 Å². The van der Waals surface area contributed by atoms with Gasteiger partial charge >= 0.3 is 0 Å². The van der Waals surface area contributed by atoms with E-state index >= 15 is 0 Å². The number of nitrogens with one attached hydrogen (secondary N) is 2. The quantitative estimate of drug-likeness (QED) is 0.587. The number of rotatable bonds is 7. The first-order valence-electron chi connectivity index (χ1n) is 12.2. The second-order valence-electron chi connectivity index (χ2n) is 11.0. The third-order valence-corrected chi connectivity index (χ3v) is 7.31. The third kappa shape index (κ3) is 4.53. The fraction of sp³-hybridized carbons (Fsp3) is 0.464. The topological polar surface area (TPSA) is 39.7 Å². The first kappa shape index (κ1) is 23.2. The van der Waals surface area contributed by atoms with E-state index in [-0.39, 0.29) is 23.2 Å². The van der Waals surface area contributed by atoms with E-state index in [1.54, 1.807) is 0 Å². The highest BCUT2D eigenvalue weighted by Crippen LogP contribution is 2.59. The van der Waals surface area contributed by atoms with E-state index in [1.165, 1.54) is 29.3 Å². The monoisotopic (exact) mass is 464 g/mol. The standard InChI is InChI=1S/C28H34F2N4/c1-27(2,3)25(32-16-20-11-12-31-15-20)26-33-28(23-13-22(29)9-10-24(23)30)14-21(28)18-34(26)17-19-7-5-4-6-8-19/h4-11,13,21,25,31-32H,12,14-18H2,1-3H3. The molecule has 3 unspecified atom stereocenters. The fourth-order valence-electron chi connectivity index (χ4n) is 5.39. The highest BCUT2D eigenvalue weighted by atomic mass is 19.1. The molecule has 1 fully saturated rings. The lowest BCUT2D eigenvalue weighted by Gasteiger charge is -2.41. The molecule has 0 spiro atoms. The molecule has 0 saturated heterocycles. The van der Waals surface area contributed by atoms with Crippen LogP contribution in [-0.4, -0.2) is 43.0 Å². The van der Waals surface area contributed by atoms with Gasteiger partial charge in [0, 0.05) is 44.2 Å². The van der Waals surface area contributed by atoms with Crippen molar-refractivity contribution >= 4 is 5.84 Å². The van der Waals surface area contributed by atoms with Gasteiger partial charge in [0.05, 0.1) is 11.6 Å². The summed E-state index contributed by atoms with van der Waals surface area (Å²) < 4.78 is 29.0. The highest BCUT2D eigenvalue weighted by molar-refractivity contribution is 5.90. The van der Waals surface area contributed by atoms with Crippen molar-refractivity contribution in [3.05, 3.63) is 82.9 Å². The molecule has 1 aliphatic carbocycles. The van der Waals surface area contributed by atoms with E-state index in [9.17, 15) is 8.78 Å². The van der Waals surface area contributed by atoms with Crippen molar-refractivity contribution in [2.24, 2.45) is 16.3 Å². The molecule has 3 aliphatic rings. The van der Waals surface area contributed by atoms with Crippen LogP contribution in [0.15, 0.2) is 65.2 Å². The van der Waals surface area contributed by atoms with Gasteiger partial charge in [0.15, 0.2) is 0 Å². The predicted octanol–water partition coefficient (Wildman–Crippen LogP) is 4.63. The number of benzene rings is 2. The lowest BCUT2D eigenvalue weighted by Crippen LogP contribution is -2.55. The second-order valence-corrected chi connectivity index (χ2v) is 11.0. The van der Waals surface area contributed by atoms with Crippen LogP contribution < -0.4 is 10.6 Å². The molecule has 5 rings (SSSR count). The Labute approximate surface area is 201 Å². The minimum Gasteiger partial charge on any atom is -0.354 e. The number of fused-ring (bicyclic) bond motifs is 1. The molecule has 34 heavy (non-hydrogen) atoms. The normalized spacial score (nSPS) is 25.0. The molecule has 6 heteroatoms. The van der Waals surface area contributed by atoms with Gasteiger partial charge in [-0.1, -0.05) is 57.2 Å². The number of amidine groups is 1. The summed E-state index contributed by atoms with van der Waals surface area (Å²) in [4.78, 5) is 7.64. The molecule has 0 bridgehead atoms. The van der Waals surface area contributed by atoms with Crippen molar-refractivity contribution in [1.29, 1.82) is 0 Å². The van der Waals surface area contributed by atoms with Crippen LogP contribution in [0.3, 0.4) is 0 Å². The number of hydrogen-bond acceptors (Lipinski definition) is 4. The van der Waals surface area contributed by atoms with Crippen molar-refractivity contribution in [1.82, 2.24) is 15.5 Å². The maximum absolute atomic E-state index is 14.9. The van der Waals surface area contributed by atoms with Crippen LogP contribution in [0, 0.1) is 23.0 Å². The zero-order valence-electron chi connectivity index (χ0n) is 20.2. The Hall–Kier alpha value is -2.57. The maximum Gasteiger partial charge on any atom is 0.129 e. The SMILES string of the molecule is CC(C)(C)C(NCC1=CCNC1)C1=NC2(c3cc(F)ccc3F)CC2CN1Cc1ccccc1. The van der Waals surface area contributed by atoms with Crippen molar-refractivity contribution in [3.63, 3.8) is 0 Å². The van der Waals surface area contributed by atoms with Crippen LogP contribution in [0.5, 0.6) is 0 Å². The van der Waals surface area contributed by atoms with Gasteiger partial charge in [-0.15, -0.1) is 0 Å². The van der Waals surface area contributed by atoms with Gasteiger partial charge in [-0.05, 0) is 41.2 Å². The fourth-order valence-corrected chi connectivity index (χ4v) is 5.39. The molecular formula is C28H34F2N4. The summed E-state index contributed by atoms with van der Waals surface area (Å²) >= 11 is 0. The molecule has 4 nitrogen and oxygen atoms in total. The Kier molecular flexibility index (Phi) is 6.07. The lowest BCUT2D eigenvalue weighted by atomic mass is 9.84. The Bertz CT molecular complexity index is 1110. The predicted molar refractivity (Wildman–Crippen MR) is 133 cm³/mol. The molecule has 2 aromatic carbocycles. The molecule has 0 radical (unpaired) electrons. The van der Waals surface area contributed by atoms with E-state index in [4.69, 9.17) is 4.99 Å². The summed E-state index contributed by atoms with van der Waals surface area (Å²) in [5.41, 5.74) is 2.16. The zero-order valence-corrected chi connectivity index (χ0v) is 20.2. The van der Waals surface area contributed by atoms with Gasteiger partial charge in [-0.25, -0.2) is 8.78 Å². The van der Waals surface area contributed by atoms with E-state index in [2.05, 4.69) is 66.6 Å². The van der Waals surface area contributed by atoms with Crippen LogP contribution in [0.1, 0.15) is 38.3 Å². The molecule has 2 aromatic rings. The van der Waals surface area contributed by atoms with Crippen LogP contribution >= 0.6 is 0 Å². The minimum atomic E-state index is -0.673. The summed E-state index contributed by atoms with van der Waals surface area (Å²) in [6.45, 7) is 10.7. The molecule has 2 N–H and O–H groups in total. The Morgan fingerprint density at radius 3 is 2.68 bits per heavy atom. The number of nitrogens with zero attached hydrogens (tertiary/aromatic N) is 2. The third-order valence-electron chi connectivity index (χ3n) is 7.31. The Balaban J connectivity index is 1.54. The summed E-state index contributed by atoms with van der Waals surface area (Å²) in [7, 11) is 0. The van der Waals surface area contributed by atoms with Gasteiger partial charge in [0.25, 0.3) is 0 Å². The molecule has 0 aromatic heterocycles. The van der Waals surface area contributed by atoms with Gasteiger partial charge in [0.1, 0.15) is 17.5 Å². The largest absolute Gasteiger partial charge is 0.354 e. The zero-order chi connectivity index (χ0) is 23.9. The minimum absolute atomic E-state index is 0.0345. The van der Waals surface area contributed by atoms with Crippen molar-refractivity contribution < 1.29 is 8.78 Å². The summed E-state index contributed by atoms with van der Waals surface area (Å²) in [6.07, 6.45) is 2.98. The molecule has 180 valence electrons. The Morgan fingerprint density at radius 2 is 1.97 bits per heavy atom. The van der Waals surface area contributed by atoms with Crippen LogP contribution in [-0.2, 0) is 12.1 Å². The highest BCUT2D eigenvalue weighted by Gasteiger charge is 2.61. The summed E-state index contributed by atoms with van der Waals surface area (Å²) in [5.74, 6) is 0.343. The van der Waals surface area contributed by atoms with Gasteiger partial charge in [0.2, 0.25) is 0 Å². The molecule has 1 saturated carbocycles. The van der Waals surface area contributed by atoms with Crippen LogP contribution in [0.25, 0.3) is 0 Å². The van der Waals surface area contributed by atoms with Crippen LogP contribution in [0.4, 0.5) is 8.78 Å². The van der Waals surface area contributed by atoms with E-state index < -0.39 is 11.4 Å². The molecular weight excluding hydrogens is 430 g/mol. The summed E-state index contributed by atoms with van der Waals surface area (Å²) in [5, 5.41) is 7.13. The maximum atomic E-state index is 14.9. The van der Waals surface area contributed by atoms with Crippen molar-refractivity contribution in [3.8, 4) is 0 Å². The van der Waals surface area contributed by atoms with Crippen molar-refractivity contribution in [2.45, 2.75) is 45.3 Å². The first-order chi connectivity index (χ1) is 16.3. The smallest absolute Gasteiger partial charge is 0.129 e. The average Bonchev–Trinajstić information content (AvgIpc) is 3.26. The van der Waals surface area contributed by atoms with Gasteiger partial charge in [-0.2, -0.15) is 0 Å². The molecule has 0 amide bonds. The van der Waals surface area contributed by atoms with E-state index in [0.717, 1.165) is 45.0 Å². The van der Waals surface area contributed by atoms with Gasteiger partial charge < -0.3 is 15.5 Å². The average molecular weight is 465 g/mol. The Morgan fingerprint density at radius 1 is 1.18 bits per heavy atom. The number of aliphatic imine (C=N–C) groups is 1. The molecule has 2 aliphatic heterocycles. The van der Waals surface area contributed by atoms with Crippen LogP contribution in [0.2, 0.25) is 0 Å². The van der Waals surface area contributed by atoms with Crippen molar-refractivity contribution in [2.75, 3.05) is 26.2 Å². The number of halogens is 2. The second kappa shape index (κ2) is 8.90.